The maximum absolute atomic E-state index is 11.5. The molecule has 1 atom stereocenters. The number of primary amides is 1. The molecule has 0 saturated carbocycles. The molecule has 7 nitrogen and oxygen atoms in total. The maximum atomic E-state index is 11.5. The number of piperidine rings is 1. The van der Waals surface area contributed by atoms with Crippen LogP contribution in [-0.4, -0.2) is 47.9 Å². The summed E-state index contributed by atoms with van der Waals surface area (Å²) in [6.07, 6.45) is 4.74. The molecule has 168 valence electrons. The van der Waals surface area contributed by atoms with E-state index in [1.807, 2.05) is 6.20 Å². The fourth-order valence-corrected chi connectivity index (χ4v) is 4.62. The van der Waals surface area contributed by atoms with Crippen LogP contribution in [0.5, 0.6) is 0 Å². The summed E-state index contributed by atoms with van der Waals surface area (Å²) in [4.78, 5) is 24.3. The first-order valence-corrected chi connectivity index (χ1v) is 11.9. The summed E-state index contributed by atoms with van der Waals surface area (Å²) in [5, 5.41) is 7.85. The van der Waals surface area contributed by atoms with Gasteiger partial charge in [0.2, 0.25) is 5.91 Å². The van der Waals surface area contributed by atoms with Crippen LogP contribution in [-0.2, 0) is 24.3 Å². The number of aryl methyl sites for hydroxylation is 1. The van der Waals surface area contributed by atoms with Gasteiger partial charge in [0.1, 0.15) is 0 Å². The summed E-state index contributed by atoms with van der Waals surface area (Å²) in [5.74, 6) is 0.617. The molecule has 0 bridgehead atoms. The lowest BCUT2D eigenvalue weighted by Gasteiger charge is -2.31. The Morgan fingerprint density at radius 3 is 2.94 bits per heavy atom. The van der Waals surface area contributed by atoms with Gasteiger partial charge in [0.05, 0.1) is 17.5 Å². The number of guanidine groups is 1. The number of rotatable bonds is 9. The average Bonchev–Trinajstić information content (AvgIpc) is 3.17. The monoisotopic (exact) mass is 442 g/mol. The second-order valence-electron chi connectivity index (χ2n) is 8.03. The number of thiazole rings is 1. The Morgan fingerprint density at radius 1 is 1.35 bits per heavy atom. The van der Waals surface area contributed by atoms with Gasteiger partial charge in [-0.25, -0.2) is 9.98 Å². The Morgan fingerprint density at radius 2 is 2.19 bits per heavy atom. The second-order valence-corrected chi connectivity index (χ2v) is 9.35. The number of amides is 1. The van der Waals surface area contributed by atoms with Crippen LogP contribution in [0.25, 0.3) is 0 Å². The molecule has 0 aliphatic carbocycles. The fourth-order valence-electron chi connectivity index (χ4n) is 3.83. The highest BCUT2D eigenvalue weighted by atomic mass is 32.1. The van der Waals surface area contributed by atoms with Gasteiger partial charge in [0, 0.05) is 43.7 Å². The molecule has 1 saturated heterocycles. The third-order valence-electron chi connectivity index (χ3n) is 5.37. The minimum absolute atomic E-state index is 0.0245. The Hall–Kier alpha value is -2.45. The molecule has 1 aliphatic rings. The van der Waals surface area contributed by atoms with Gasteiger partial charge in [-0.1, -0.05) is 24.3 Å². The minimum Gasteiger partial charge on any atom is -0.369 e. The van der Waals surface area contributed by atoms with Crippen LogP contribution < -0.4 is 16.4 Å². The van der Waals surface area contributed by atoms with Crippen LogP contribution >= 0.6 is 11.3 Å². The third kappa shape index (κ3) is 7.63. The summed E-state index contributed by atoms with van der Waals surface area (Å²) in [6, 6.07) is 8.54. The summed E-state index contributed by atoms with van der Waals surface area (Å²) in [5.41, 5.74) is 7.93. The van der Waals surface area contributed by atoms with Crippen LogP contribution in [0.3, 0.4) is 0 Å². The lowest BCUT2D eigenvalue weighted by molar-refractivity contribution is -0.123. The van der Waals surface area contributed by atoms with E-state index in [1.165, 1.54) is 16.0 Å². The molecule has 4 N–H and O–H groups in total. The van der Waals surface area contributed by atoms with E-state index in [4.69, 9.17) is 10.7 Å². The Labute approximate surface area is 189 Å². The van der Waals surface area contributed by atoms with Crippen molar-refractivity contribution in [3.8, 4) is 0 Å². The summed E-state index contributed by atoms with van der Waals surface area (Å²) in [6.45, 7) is 8.99. The predicted octanol–water partition coefficient (Wildman–Crippen LogP) is 2.45. The summed E-state index contributed by atoms with van der Waals surface area (Å²) >= 11 is 1.74. The zero-order valence-electron chi connectivity index (χ0n) is 18.6. The van der Waals surface area contributed by atoms with Gasteiger partial charge in [-0.2, -0.15) is 0 Å². The smallest absolute Gasteiger partial charge is 0.221 e. The van der Waals surface area contributed by atoms with Crippen LogP contribution in [0, 0.1) is 12.8 Å². The quantitative estimate of drug-likeness (QED) is 0.410. The van der Waals surface area contributed by atoms with Gasteiger partial charge in [-0.05, 0) is 44.4 Å². The van der Waals surface area contributed by atoms with E-state index >= 15 is 0 Å². The molecule has 0 radical (unpaired) electrons. The lowest BCUT2D eigenvalue weighted by atomic mass is 9.97. The van der Waals surface area contributed by atoms with Crippen LogP contribution in [0.4, 0.5) is 0 Å². The number of aliphatic imine (C=N–C) groups is 1. The zero-order valence-corrected chi connectivity index (χ0v) is 19.4. The molecule has 1 amide bonds. The second kappa shape index (κ2) is 11.8. The van der Waals surface area contributed by atoms with Crippen molar-refractivity contribution in [3.05, 3.63) is 51.5 Å². The number of carbonyl (C=O) groups is 1. The largest absolute Gasteiger partial charge is 0.369 e. The van der Waals surface area contributed by atoms with Crippen molar-refractivity contribution in [2.75, 3.05) is 26.2 Å². The van der Waals surface area contributed by atoms with Gasteiger partial charge >= 0.3 is 0 Å². The van der Waals surface area contributed by atoms with E-state index < -0.39 is 0 Å². The van der Waals surface area contributed by atoms with Crippen molar-refractivity contribution in [3.63, 3.8) is 0 Å². The number of nitrogens with zero attached hydrogens (tertiary/aromatic N) is 3. The molecule has 2 heterocycles. The van der Waals surface area contributed by atoms with Gasteiger partial charge in [0.25, 0.3) is 0 Å². The van der Waals surface area contributed by atoms with Gasteiger partial charge in [-0.15, -0.1) is 11.3 Å². The van der Waals surface area contributed by atoms with Gasteiger partial charge < -0.3 is 16.4 Å². The third-order valence-corrected chi connectivity index (χ3v) is 6.34. The molecule has 8 heteroatoms. The first kappa shape index (κ1) is 23.2. The highest BCUT2D eigenvalue weighted by Gasteiger charge is 2.23. The minimum atomic E-state index is -0.179. The SMILES string of the molecule is CCNC(=NCc1cccc(CN2CCCC(C(N)=O)C2)c1)NCCc1ncc(C)s1. The number of hydrogen-bond acceptors (Lipinski definition) is 5. The van der Waals surface area contributed by atoms with E-state index in [9.17, 15) is 4.79 Å². The molecule has 3 rings (SSSR count). The Balaban J connectivity index is 1.53. The van der Waals surface area contributed by atoms with E-state index in [-0.39, 0.29) is 11.8 Å². The molecule has 1 unspecified atom stereocenters. The first-order chi connectivity index (χ1) is 15.0. The van der Waals surface area contributed by atoms with E-state index in [2.05, 4.69) is 58.6 Å². The number of carbonyl (C=O) groups excluding carboxylic acids is 1. The van der Waals surface area contributed by atoms with Crippen molar-refractivity contribution in [1.82, 2.24) is 20.5 Å². The van der Waals surface area contributed by atoms with Gasteiger partial charge in [-0.3, -0.25) is 9.69 Å². The molecule has 1 aromatic carbocycles. The number of likely N-dealkylation sites (tertiary alicyclic amines) is 1. The van der Waals surface area contributed by atoms with Crippen molar-refractivity contribution < 1.29 is 4.79 Å². The Kier molecular flexibility index (Phi) is 8.85. The number of nitrogens with two attached hydrogens (primary N) is 1. The standard InChI is InChI=1S/C23H34N6OS/c1-3-25-23(26-10-9-21-27-13-17(2)31-21)28-14-18-6-4-7-19(12-18)15-29-11-5-8-20(16-29)22(24)30/h4,6-7,12-13,20H,3,5,8-11,14-16H2,1-2H3,(H2,24,30)(H2,25,26,28). The number of benzene rings is 1. The molecular weight excluding hydrogens is 408 g/mol. The van der Waals surface area contributed by atoms with Crippen LogP contribution in [0.1, 0.15) is 40.8 Å². The normalized spacial score (nSPS) is 17.5. The van der Waals surface area contributed by atoms with Crippen molar-refractivity contribution >= 4 is 23.2 Å². The van der Waals surface area contributed by atoms with E-state index in [1.54, 1.807) is 11.3 Å². The first-order valence-electron chi connectivity index (χ1n) is 11.1. The maximum Gasteiger partial charge on any atom is 0.221 e. The van der Waals surface area contributed by atoms with E-state index in [0.29, 0.717) is 6.54 Å². The average molecular weight is 443 g/mol. The highest BCUT2D eigenvalue weighted by molar-refractivity contribution is 7.11. The topological polar surface area (TPSA) is 95.6 Å². The number of nitrogens with one attached hydrogen (secondary N) is 2. The van der Waals surface area contributed by atoms with Crippen molar-refractivity contribution in [2.24, 2.45) is 16.6 Å². The summed E-state index contributed by atoms with van der Waals surface area (Å²) < 4.78 is 0. The lowest BCUT2D eigenvalue weighted by Crippen LogP contribution is -2.40. The highest BCUT2D eigenvalue weighted by Crippen LogP contribution is 2.19. The molecule has 2 aromatic rings. The molecule has 31 heavy (non-hydrogen) atoms. The molecule has 1 fully saturated rings. The fraction of sp³-hybridized carbons (Fsp3) is 0.522. The molecular formula is C23H34N6OS. The predicted molar refractivity (Wildman–Crippen MR) is 127 cm³/mol. The van der Waals surface area contributed by atoms with Crippen LogP contribution in [0.2, 0.25) is 0 Å². The molecule has 1 aromatic heterocycles. The van der Waals surface area contributed by atoms with E-state index in [0.717, 1.165) is 63.0 Å². The Bertz CT molecular complexity index is 880. The number of aromatic nitrogens is 1. The van der Waals surface area contributed by atoms with Crippen molar-refractivity contribution in [1.29, 1.82) is 0 Å². The van der Waals surface area contributed by atoms with Crippen LogP contribution in [0.15, 0.2) is 35.5 Å². The van der Waals surface area contributed by atoms with Crippen molar-refractivity contribution in [2.45, 2.75) is 46.2 Å². The molecule has 0 spiro atoms. The van der Waals surface area contributed by atoms with Gasteiger partial charge in [0.15, 0.2) is 5.96 Å². The zero-order chi connectivity index (χ0) is 22.1. The number of hydrogen-bond donors (Lipinski definition) is 3. The summed E-state index contributed by atoms with van der Waals surface area (Å²) in [7, 11) is 0. The molecule has 1 aliphatic heterocycles.